The average molecular weight is 386 g/mol. The van der Waals surface area contributed by atoms with E-state index in [-0.39, 0.29) is 36.5 Å². The van der Waals surface area contributed by atoms with Gasteiger partial charge in [-0.1, -0.05) is 33.1 Å². The second kappa shape index (κ2) is 8.20. The lowest BCUT2D eigenvalue weighted by molar-refractivity contribution is -0.127. The van der Waals surface area contributed by atoms with Gasteiger partial charge >= 0.3 is 0 Å². The van der Waals surface area contributed by atoms with Crippen molar-refractivity contribution in [3.05, 3.63) is 22.3 Å². The Balaban J connectivity index is 2.08. The monoisotopic (exact) mass is 386 g/mol. The molecule has 0 fully saturated rings. The number of nitrogens with one attached hydrogen (secondary N) is 2. The van der Waals surface area contributed by atoms with Gasteiger partial charge in [-0.25, -0.2) is 0 Å². The molecular weight excluding hydrogens is 360 g/mol. The van der Waals surface area contributed by atoms with E-state index in [9.17, 15) is 24.0 Å². The van der Waals surface area contributed by atoms with E-state index in [2.05, 4.69) is 10.6 Å². The van der Waals surface area contributed by atoms with Crippen molar-refractivity contribution in [2.24, 2.45) is 11.8 Å². The Kier molecular flexibility index (Phi) is 5.91. The third-order valence-corrected chi connectivity index (χ3v) is 5.83. The van der Waals surface area contributed by atoms with Gasteiger partial charge in [-0.15, -0.1) is 0 Å². The molecule has 7 nitrogen and oxygen atoms in total. The van der Waals surface area contributed by atoms with E-state index < -0.39 is 29.5 Å². The molecule has 28 heavy (non-hydrogen) atoms. The van der Waals surface area contributed by atoms with E-state index in [1.54, 1.807) is 0 Å². The molecule has 2 N–H and O–H groups in total. The summed E-state index contributed by atoms with van der Waals surface area (Å²) < 4.78 is 0. The largest absolute Gasteiger partial charge is 0.299 e. The van der Waals surface area contributed by atoms with Gasteiger partial charge in [0.05, 0.1) is 5.92 Å². The first-order valence-electron chi connectivity index (χ1n) is 10.1. The molecule has 0 saturated carbocycles. The lowest BCUT2D eigenvalue weighted by Crippen LogP contribution is -2.29. The molecule has 0 aromatic carbocycles. The van der Waals surface area contributed by atoms with Crippen LogP contribution in [0.2, 0.25) is 0 Å². The first-order valence-corrected chi connectivity index (χ1v) is 10.1. The minimum absolute atomic E-state index is 0.00237. The van der Waals surface area contributed by atoms with Crippen molar-refractivity contribution in [2.45, 2.75) is 65.2 Å². The molecule has 3 rings (SSSR count). The van der Waals surface area contributed by atoms with Gasteiger partial charge in [-0.05, 0) is 31.6 Å². The molecule has 0 bridgehead atoms. The van der Waals surface area contributed by atoms with E-state index in [1.807, 2.05) is 13.8 Å². The molecule has 3 aliphatic rings. The maximum atomic E-state index is 12.9. The fourth-order valence-electron chi connectivity index (χ4n) is 4.37. The zero-order valence-electron chi connectivity index (χ0n) is 16.4. The number of rotatable bonds is 7. The van der Waals surface area contributed by atoms with Gasteiger partial charge in [-0.2, -0.15) is 0 Å². The van der Waals surface area contributed by atoms with Crippen molar-refractivity contribution in [2.75, 3.05) is 0 Å². The molecule has 0 aromatic rings. The molecule has 0 saturated heterocycles. The van der Waals surface area contributed by atoms with Crippen LogP contribution >= 0.6 is 0 Å². The van der Waals surface area contributed by atoms with Gasteiger partial charge in [0.2, 0.25) is 0 Å². The molecule has 150 valence electrons. The molecule has 0 spiro atoms. The number of hydrogen-bond acceptors (Lipinski definition) is 5. The summed E-state index contributed by atoms with van der Waals surface area (Å²) in [6.45, 7) is 3.99. The lowest BCUT2D eigenvalue weighted by Gasteiger charge is -2.24. The van der Waals surface area contributed by atoms with Crippen molar-refractivity contribution in [3.63, 3.8) is 0 Å². The molecule has 4 amide bonds. The van der Waals surface area contributed by atoms with Crippen LogP contribution in [0.4, 0.5) is 0 Å². The number of unbranched alkanes of at least 4 members (excludes halogenated alkanes) is 2. The van der Waals surface area contributed by atoms with E-state index in [4.69, 9.17) is 0 Å². The van der Waals surface area contributed by atoms with E-state index in [1.165, 1.54) is 0 Å². The summed E-state index contributed by atoms with van der Waals surface area (Å²) in [5, 5.41) is 4.66. The van der Waals surface area contributed by atoms with E-state index in [0.29, 0.717) is 29.6 Å². The zero-order chi connectivity index (χ0) is 20.4. The number of carbonyl (C=O) groups is 5. The summed E-state index contributed by atoms with van der Waals surface area (Å²) in [4.78, 5) is 62.8. The number of ketones is 1. The normalized spacial score (nSPS) is 24.6. The predicted molar refractivity (Wildman–Crippen MR) is 101 cm³/mol. The van der Waals surface area contributed by atoms with E-state index in [0.717, 1.165) is 19.3 Å². The van der Waals surface area contributed by atoms with Crippen molar-refractivity contribution < 1.29 is 24.0 Å². The Bertz CT molecular complexity index is 821. The van der Waals surface area contributed by atoms with Gasteiger partial charge in [-0.3, -0.25) is 34.6 Å². The molecule has 1 aliphatic carbocycles. The average Bonchev–Trinajstić information content (AvgIpc) is 3.06. The lowest BCUT2D eigenvalue weighted by atomic mass is 9.75. The van der Waals surface area contributed by atoms with Crippen LogP contribution in [0.15, 0.2) is 22.3 Å². The van der Waals surface area contributed by atoms with Crippen LogP contribution in [-0.2, 0) is 24.0 Å². The highest BCUT2D eigenvalue weighted by Crippen LogP contribution is 2.41. The number of carbonyl (C=O) groups excluding carboxylic acids is 5. The topological polar surface area (TPSA) is 109 Å². The van der Waals surface area contributed by atoms with Crippen LogP contribution in [0.1, 0.15) is 65.2 Å². The molecule has 0 aromatic heterocycles. The minimum atomic E-state index is -0.859. The highest BCUT2D eigenvalue weighted by atomic mass is 16.2. The molecule has 2 atom stereocenters. The minimum Gasteiger partial charge on any atom is -0.299 e. The summed E-state index contributed by atoms with van der Waals surface area (Å²) in [7, 11) is 0. The molecular formula is C21H26N2O5. The number of Topliss-reactive ketones (excluding diaryl/α,β-unsaturated/α-hetero) is 1. The third kappa shape index (κ3) is 3.57. The molecule has 2 unspecified atom stereocenters. The summed E-state index contributed by atoms with van der Waals surface area (Å²) >= 11 is 0. The summed E-state index contributed by atoms with van der Waals surface area (Å²) in [6.07, 6.45) is 4.34. The highest BCUT2D eigenvalue weighted by molar-refractivity contribution is 6.23. The van der Waals surface area contributed by atoms with Gasteiger partial charge in [0.25, 0.3) is 23.6 Å². The number of imide groups is 2. The summed E-state index contributed by atoms with van der Waals surface area (Å²) in [6, 6.07) is 0. The SMILES string of the molecule is CCCCC(=O)C1CC2=C(C(=O)NC2=O)C(CCCC)CC2=C1C(=O)NC2=O. The van der Waals surface area contributed by atoms with Crippen LogP contribution in [0.5, 0.6) is 0 Å². The first kappa shape index (κ1) is 20.2. The van der Waals surface area contributed by atoms with Gasteiger partial charge in [0, 0.05) is 28.7 Å². The van der Waals surface area contributed by atoms with Gasteiger partial charge < -0.3 is 0 Å². The van der Waals surface area contributed by atoms with Crippen molar-refractivity contribution in [1.82, 2.24) is 10.6 Å². The van der Waals surface area contributed by atoms with Crippen LogP contribution in [-0.4, -0.2) is 29.4 Å². The Labute approximate surface area is 164 Å². The zero-order valence-corrected chi connectivity index (χ0v) is 16.4. The van der Waals surface area contributed by atoms with Gasteiger partial charge in [0.15, 0.2) is 0 Å². The quantitative estimate of drug-likeness (QED) is 0.649. The predicted octanol–water partition coefficient (Wildman–Crippen LogP) is 1.87. The standard InChI is InChI=1S/C21H26N2O5/c1-3-5-7-11-9-13-17(21(28)23-18(13)25)12(15(24)8-6-4-2)10-14-16(11)20(27)22-19(14)26/h11-12H,3-10H2,1-2H3,(H,22,26,27)(H,23,25,28). The second-order valence-electron chi connectivity index (χ2n) is 7.72. The Morgan fingerprint density at radius 2 is 1.39 bits per heavy atom. The first-order chi connectivity index (χ1) is 13.4. The number of amides is 4. The fraction of sp³-hybridized carbons (Fsp3) is 0.571. The Morgan fingerprint density at radius 3 is 2.00 bits per heavy atom. The third-order valence-electron chi connectivity index (χ3n) is 5.83. The van der Waals surface area contributed by atoms with Gasteiger partial charge in [0.1, 0.15) is 5.78 Å². The molecule has 7 heteroatoms. The summed E-state index contributed by atoms with van der Waals surface area (Å²) in [5.74, 6) is -3.28. The Morgan fingerprint density at radius 1 is 0.821 bits per heavy atom. The van der Waals surface area contributed by atoms with Crippen molar-refractivity contribution >= 4 is 29.4 Å². The van der Waals surface area contributed by atoms with Crippen LogP contribution < -0.4 is 10.6 Å². The second-order valence-corrected chi connectivity index (χ2v) is 7.72. The van der Waals surface area contributed by atoms with Crippen molar-refractivity contribution in [3.8, 4) is 0 Å². The number of hydrogen-bond donors (Lipinski definition) is 2. The van der Waals surface area contributed by atoms with Crippen LogP contribution in [0, 0.1) is 11.8 Å². The molecule has 0 radical (unpaired) electrons. The molecule has 2 aliphatic heterocycles. The van der Waals surface area contributed by atoms with Crippen molar-refractivity contribution in [1.29, 1.82) is 0 Å². The smallest absolute Gasteiger partial charge is 0.255 e. The van der Waals surface area contributed by atoms with E-state index >= 15 is 0 Å². The maximum Gasteiger partial charge on any atom is 0.255 e. The fourth-order valence-corrected chi connectivity index (χ4v) is 4.37. The highest BCUT2D eigenvalue weighted by Gasteiger charge is 2.45. The molecule has 2 heterocycles. The maximum absolute atomic E-state index is 12.9. The van der Waals surface area contributed by atoms with Crippen LogP contribution in [0.3, 0.4) is 0 Å². The summed E-state index contributed by atoms with van der Waals surface area (Å²) in [5.41, 5.74) is 1.20. The van der Waals surface area contributed by atoms with Crippen LogP contribution in [0.25, 0.3) is 0 Å². The Hall–Kier alpha value is -2.57.